The lowest BCUT2D eigenvalue weighted by molar-refractivity contribution is 0.164. The van der Waals surface area contributed by atoms with Crippen molar-refractivity contribution in [1.29, 1.82) is 0 Å². The van der Waals surface area contributed by atoms with Crippen LogP contribution in [0.4, 0.5) is 0 Å². The van der Waals surface area contributed by atoms with Gasteiger partial charge in [-0.1, -0.05) is 30.0 Å². The van der Waals surface area contributed by atoms with Gasteiger partial charge in [0.25, 0.3) is 5.56 Å². The van der Waals surface area contributed by atoms with Crippen molar-refractivity contribution < 1.29 is 4.74 Å². The summed E-state index contributed by atoms with van der Waals surface area (Å²) in [6, 6.07) is 9.84. The van der Waals surface area contributed by atoms with E-state index >= 15 is 0 Å². The average Bonchev–Trinajstić information content (AvgIpc) is 3.04. The molecule has 0 fully saturated rings. The fraction of sp³-hybridized carbons (Fsp3) is 0.400. The quantitative estimate of drug-likeness (QED) is 0.357. The largest absolute Gasteiger partial charge is 0.381 e. The van der Waals surface area contributed by atoms with E-state index in [2.05, 4.69) is 0 Å². The molecular formula is C20H22N2O2S2. The second-order valence-corrected chi connectivity index (χ2v) is 8.45. The van der Waals surface area contributed by atoms with Gasteiger partial charge < -0.3 is 4.74 Å². The number of thioether (sulfide) groups is 1. The lowest BCUT2D eigenvalue weighted by Crippen LogP contribution is -2.22. The number of fused-ring (bicyclic) bond motifs is 3. The summed E-state index contributed by atoms with van der Waals surface area (Å²) < 4.78 is 7.23. The smallest absolute Gasteiger partial charge is 0.267 e. The fourth-order valence-electron chi connectivity index (χ4n) is 3.42. The first kappa shape index (κ1) is 17.8. The summed E-state index contributed by atoms with van der Waals surface area (Å²) in [4.78, 5) is 20.6. The van der Waals surface area contributed by atoms with Crippen molar-refractivity contribution in [2.45, 2.75) is 37.8 Å². The van der Waals surface area contributed by atoms with Crippen LogP contribution in [0.5, 0.6) is 0 Å². The van der Waals surface area contributed by atoms with Crippen LogP contribution in [0, 0.1) is 0 Å². The van der Waals surface area contributed by atoms with Crippen molar-refractivity contribution in [2.75, 3.05) is 19.0 Å². The molecule has 0 aliphatic heterocycles. The van der Waals surface area contributed by atoms with Gasteiger partial charge in [0, 0.05) is 17.2 Å². The molecule has 0 N–H and O–H groups in total. The van der Waals surface area contributed by atoms with Crippen LogP contribution in [-0.4, -0.2) is 28.5 Å². The number of hydrogen-bond donors (Lipinski definition) is 0. The van der Waals surface area contributed by atoms with E-state index in [0.717, 1.165) is 46.1 Å². The number of nitrogens with zero attached hydrogens (tertiary/aromatic N) is 2. The summed E-state index contributed by atoms with van der Waals surface area (Å²) in [5, 5.41) is 1.59. The zero-order chi connectivity index (χ0) is 17.9. The molecule has 1 aliphatic carbocycles. The molecule has 0 radical (unpaired) electrons. The van der Waals surface area contributed by atoms with E-state index in [0.29, 0.717) is 13.2 Å². The lowest BCUT2D eigenvalue weighted by atomic mass is 9.97. The Morgan fingerprint density at radius 1 is 1.23 bits per heavy atom. The topological polar surface area (TPSA) is 44.1 Å². The Morgan fingerprint density at radius 2 is 2.04 bits per heavy atom. The first-order chi connectivity index (χ1) is 12.8. The fourth-order valence-corrected chi connectivity index (χ4v) is 5.59. The number of rotatable bonds is 6. The molecule has 136 valence electrons. The van der Waals surface area contributed by atoms with Crippen LogP contribution in [-0.2, 0) is 17.6 Å². The van der Waals surface area contributed by atoms with E-state index in [1.54, 1.807) is 27.7 Å². The van der Waals surface area contributed by atoms with Crippen molar-refractivity contribution in [3.63, 3.8) is 0 Å². The Morgan fingerprint density at radius 3 is 2.85 bits per heavy atom. The highest BCUT2D eigenvalue weighted by Gasteiger charge is 2.22. The highest BCUT2D eigenvalue weighted by Crippen LogP contribution is 2.35. The summed E-state index contributed by atoms with van der Waals surface area (Å²) in [5.74, 6) is 0.781. The van der Waals surface area contributed by atoms with E-state index in [-0.39, 0.29) is 5.56 Å². The summed E-state index contributed by atoms with van der Waals surface area (Å²) >= 11 is 3.30. The molecule has 6 heteroatoms. The van der Waals surface area contributed by atoms with E-state index in [9.17, 15) is 4.79 Å². The number of benzene rings is 1. The Labute approximate surface area is 161 Å². The second-order valence-electron chi connectivity index (χ2n) is 6.31. The van der Waals surface area contributed by atoms with E-state index < -0.39 is 0 Å². The van der Waals surface area contributed by atoms with Crippen LogP contribution >= 0.6 is 23.1 Å². The molecule has 0 atom stereocenters. The molecule has 0 unspecified atom stereocenters. The standard InChI is InChI=1S/C20H22N2O2S2/c1-2-24-12-13-25-20-21-18-17(15-10-6-7-11-16(15)26-18)19(23)22(20)14-8-4-3-5-9-14/h3-5,8-9H,2,6-7,10-13H2,1H3. The van der Waals surface area contributed by atoms with Crippen LogP contribution in [0.3, 0.4) is 0 Å². The molecule has 1 aromatic carbocycles. The summed E-state index contributed by atoms with van der Waals surface area (Å²) in [6.07, 6.45) is 4.45. The molecule has 1 aliphatic rings. The molecule has 0 amide bonds. The number of aryl methyl sites for hydroxylation is 2. The normalized spacial score (nSPS) is 13.9. The average molecular weight is 387 g/mol. The molecular weight excluding hydrogens is 364 g/mol. The van der Waals surface area contributed by atoms with Crippen molar-refractivity contribution >= 4 is 33.3 Å². The first-order valence-corrected chi connectivity index (χ1v) is 10.9. The maximum Gasteiger partial charge on any atom is 0.267 e. The van der Waals surface area contributed by atoms with Crippen LogP contribution in [0.25, 0.3) is 15.9 Å². The molecule has 2 aromatic heterocycles. The third-order valence-corrected chi connectivity index (χ3v) is 6.72. The van der Waals surface area contributed by atoms with Crippen LogP contribution < -0.4 is 5.56 Å². The highest BCUT2D eigenvalue weighted by atomic mass is 32.2. The highest BCUT2D eigenvalue weighted by molar-refractivity contribution is 7.99. The Kier molecular flexibility index (Phi) is 5.43. The van der Waals surface area contributed by atoms with E-state index in [1.165, 1.54) is 16.9 Å². The van der Waals surface area contributed by atoms with E-state index in [1.807, 2.05) is 37.3 Å². The van der Waals surface area contributed by atoms with Gasteiger partial charge in [0.15, 0.2) is 5.16 Å². The van der Waals surface area contributed by atoms with Gasteiger partial charge in [-0.3, -0.25) is 9.36 Å². The van der Waals surface area contributed by atoms with Gasteiger partial charge in [-0.05, 0) is 50.3 Å². The molecule has 2 heterocycles. The molecule has 4 nitrogen and oxygen atoms in total. The number of para-hydroxylation sites is 1. The minimum Gasteiger partial charge on any atom is -0.381 e. The molecule has 4 rings (SSSR count). The first-order valence-electron chi connectivity index (χ1n) is 9.13. The molecule has 0 saturated carbocycles. The second kappa shape index (κ2) is 7.94. The minimum atomic E-state index is 0.0690. The molecule has 26 heavy (non-hydrogen) atoms. The third kappa shape index (κ3) is 3.33. The maximum atomic E-state index is 13.5. The number of thiophene rings is 1. The SMILES string of the molecule is CCOCCSc1nc2sc3c(c2c(=O)n1-c1ccccc1)CCCC3. The Balaban J connectivity index is 1.86. The van der Waals surface area contributed by atoms with Crippen LogP contribution in [0.15, 0.2) is 40.3 Å². The predicted octanol–water partition coefficient (Wildman–Crippen LogP) is 4.45. The van der Waals surface area contributed by atoms with Crippen LogP contribution in [0.2, 0.25) is 0 Å². The zero-order valence-corrected chi connectivity index (χ0v) is 16.5. The molecule has 3 aromatic rings. The maximum absolute atomic E-state index is 13.5. The van der Waals surface area contributed by atoms with Gasteiger partial charge in [0.05, 0.1) is 17.7 Å². The Bertz CT molecular complexity index is 963. The van der Waals surface area contributed by atoms with Crippen molar-refractivity contribution in [3.05, 3.63) is 51.1 Å². The monoisotopic (exact) mass is 386 g/mol. The van der Waals surface area contributed by atoms with Crippen molar-refractivity contribution in [3.8, 4) is 5.69 Å². The van der Waals surface area contributed by atoms with E-state index in [4.69, 9.17) is 9.72 Å². The van der Waals surface area contributed by atoms with Crippen molar-refractivity contribution in [1.82, 2.24) is 9.55 Å². The summed E-state index contributed by atoms with van der Waals surface area (Å²) in [7, 11) is 0. The summed E-state index contributed by atoms with van der Waals surface area (Å²) in [6.45, 7) is 3.35. The third-order valence-electron chi connectivity index (χ3n) is 4.64. The molecule has 0 saturated heterocycles. The number of aromatic nitrogens is 2. The number of ether oxygens (including phenoxy) is 1. The molecule has 0 spiro atoms. The van der Waals surface area contributed by atoms with Gasteiger partial charge >= 0.3 is 0 Å². The van der Waals surface area contributed by atoms with Gasteiger partial charge in [-0.15, -0.1) is 11.3 Å². The summed E-state index contributed by atoms with van der Waals surface area (Å²) in [5.41, 5.74) is 2.19. The Hall–Kier alpha value is -1.63. The lowest BCUT2D eigenvalue weighted by Gasteiger charge is -2.13. The van der Waals surface area contributed by atoms with Gasteiger partial charge in [0.2, 0.25) is 0 Å². The minimum absolute atomic E-state index is 0.0690. The van der Waals surface area contributed by atoms with Gasteiger partial charge in [-0.2, -0.15) is 0 Å². The zero-order valence-electron chi connectivity index (χ0n) is 14.9. The van der Waals surface area contributed by atoms with Crippen molar-refractivity contribution in [2.24, 2.45) is 0 Å². The number of hydrogen-bond acceptors (Lipinski definition) is 5. The van der Waals surface area contributed by atoms with Gasteiger partial charge in [0.1, 0.15) is 4.83 Å². The van der Waals surface area contributed by atoms with Crippen LogP contribution in [0.1, 0.15) is 30.2 Å². The van der Waals surface area contributed by atoms with Gasteiger partial charge in [-0.25, -0.2) is 4.98 Å². The molecule has 0 bridgehead atoms. The predicted molar refractivity (Wildman–Crippen MR) is 109 cm³/mol.